The van der Waals surface area contributed by atoms with Crippen molar-refractivity contribution in [1.29, 1.82) is 0 Å². The number of hydrogen-bond acceptors (Lipinski definition) is 6. The van der Waals surface area contributed by atoms with Gasteiger partial charge in [0.05, 0.1) is 12.1 Å². The maximum atomic E-state index is 12.9. The Bertz CT molecular complexity index is 1230. The van der Waals surface area contributed by atoms with Crippen LogP contribution in [0.2, 0.25) is 0 Å². The number of hydrogen-bond donors (Lipinski definition) is 1. The molecule has 4 aromatic rings. The molecule has 0 atom stereocenters. The first-order chi connectivity index (χ1) is 14.2. The summed E-state index contributed by atoms with van der Waals surface area (Å²) in [6.45, 7) is 3.20. The van der Waals surface area contributed by atoms with Crippen molar-refractivity contribution >= 4 is 28.2 Å². The van der Waals surface area contributed by atoms with Gasteiger partial charge in [-0.3, -0.25) is 4.79 Å². The van der Waals surface area contributed by atoms with Gasteiger partial charge in [-0.1, -0.05) is 30.3 Å². The SMILES string of the molecule is Cc1nc2nc(C(F)(F)F)nn2c(C)c1CC(=O)Nc1nc(-c2ccccc2)cs1. The number of nitrogens with one attached hydrogen (secondary N) is 1. The van der Waals surface area contributed by atoms with E-state index in [1.54, 1.807) is 13.8 Å². The predicted molar refractivity (Wildman–Crippen MR) is 105 cm³/mol. The molecule has 0 unspecified atom stereocenters. The van der Waals surface area contributed by atoms with Gasteiger partial charge in [-0.2, -0.15) is 18.2 Å². The smallest absolute Gasteiger partial charge is 0.302 e. The van der Waals surface area contributed by atoms with Crippen molar-refractivity contribution in [3.63, 3.8) is 0 Å². The van der Waals surface area contributed by atoms with Gasteiger partial charge in [0.15, 0.2) is 5.13 Å². The summed E-state index contributed by atoms with van der Waals surface area (Å²) in [7, 11) is 0. The fourth-order valence-corrected chi connectivity index (χ4v) is 3.72. The Labute approximate surface area is 172 Å². The van der Waals surface area contributed by atoms with E-state index in [9.17, 15) is 18.0 Å². The summed E-state index contributed by atoms with van der Waals surface area (Å²) in [4.78, 5) is 24.4. The fraction of sp³-hybridized carbons (Fsp3) is 0.211. The Morgan fingerprint density at radius 3 is 2.57 bits per heavy atom. The molecule has 0 saturated heterocycles. The van der Waals surface area contributed by atoms with E-state index in [2.05, 4.69) is 25.4 Å². The standard InChI is InChI=1S/C19H15F3N6OS/c1-10-13(11(2)28-17(23-10)26-16(27-28)19(20,21)22)8-15(29)25-18-24-14(9-30-18)12-6-4-3-5-7-12/h3-7,9H,8H2,1-2H3,(H,24,25,29). The highest BCUT2D eigenvalue weighted by Gasteiger charge is 2.37. The Morgan fingerprint density at radius 1 is 1.13 bits per heavy atom. The van der Waals surface area contributed by atoms with Crippen molar-refractivity contribution in [2.24, 2.45) is 0 Å². The highest BCUT2D eigenvalue weighted by atomic mass is 32.1. The molecule has 0 saturated carbocycles. The maximum Gasteiger partial charge on any atom is 0.453 e. The minimum Gasteiger partial charge on any atom is -0.302 e. The van der Waals surface area contributed by atoms with Gasteiger partial charge < -0.3 is 5.32 Å². The van der Waals surface area contributed by atoms with Gasteiger partial charge in [-0.05, 0) is 13.8 Å². The highest BCUT2D eigenvalue weighted by molar-refractivity contribution is 7.14. The Hall–Kier alpha value is -3.34. The summed E-state index contributed by atoms with van der Waals surface area (Å²) in [5.41, 5.74) is 2.95. The summed E-state index contributed by atoms with van der Waals surface area (Å²) >= 11 is 1.29. The van der Waals surface area contributed by atoms with Crippen molar-refractivity contribution in [2.75, 3.05) is 5.32 Å². The third-order valence-electron chi connectivity index (χ3n) is 4.46. The monoisotopic (exact) mass is 432 g/mol. The molecular weight excluding hydrogens is 417 g/mol. The Kier molecular flexibility index (Phi) is 4.98. The molecule has 4 rings (SSSR count). The number of nitrogens with zero attached hydrogens (tertiary/aromatic N) is 5. The number of halogens is 3. The van der Waals surface area contributed by atoms with Gasteiger partial charge in [0.1, 0.15) is 0 Å². The largest absolute Gasteiger partial charge is 0.453 e. The van der Waals surface area contributed by atoms with E-state index in [-0.39, 0.29) is 18.1 Å². The van der Waals surface area contributed by atoms with Crippen molar-refractivity contribution < 1.29 is 18.0 Å². The third-order valence-corrected chi connectivity index (χ3v) is 5.22. The summed E-state index contributed by atoms with van der Waals surface area (Å²) < 4.78 is 39.7. The van der Waals surface area contributed by atoms with Crippen molar-refractivity contribution in [3.8, 4) is 11.3 Å². The molecule has 11 heteroatoms. The zero-order valence-corrected chi connectivity index (χ0v) is 16.7. The van der Waals surface area contributed by atoms with E-state index < -0.39 is 12.0 Å². The number of fused-ring (bicyclic) bond motifs is 1. The van der Waals surface area contributed by atoms with Crippen LogP contribution in [0.4, 0.5) is 18.3 Å². The molecule has 0 spiro atoms. The molecule has 0 radical (unpaired) electrons. The molecule has 1 amide bonds. The zero-order chi connectivity index (χ0) is 21.5. The van der Waals surface area contributed by atoms with E-state index in [1.165, 1.54) is 11.3 Å². The number of aryl methyl sites for hydroxylation is 2. The normalized spacial score (nSPS) is 11.8. The first-order valence-corrected chi connectivity index (χ1v) is 9.71. The third kappa shape index (κ3) is 3.88. The van der Waals surface area contributed by atoms with Gasteiger partial charge in [0.2, 0.25) is 5.91 Å². The number of aromatic nitrogens is 5. The molecule has 3 heterocycles. The van der Waals surface area contributed by atoms with E-state index in [0.717, 1.165) is 15.8 Å². The lowest BCUT2D eigenvalue weighted by atomic mass is 10.1. The van der Waals surface area contributed by atoms with Gasteiger partial charge in [-0.15, -0.1) is 16.4 Å². The van der Waals surface area contributed by atoms with Crippen LogP contribution in [0.3, 0.4) is 0 Å². The van der Waals surface area contributed by atoms with E-state index in [4.69, 9.17) is 0 Å². The van der Waals surface area contributed by atoms with E-state index in [1.807, 2.05) is 35.7 Å². The van der Waals surface area contributed by atoms with Gasteiger partial charge in [0, 0.05) is 27.9 Å². The molecule has 0 bridgehead atoms. The number of thiazole rings is 1. The first-order valence-electron chi connectivity index (χ1n) is 8.83. The Balaban J connectivity index is 1.55. The van der Waals surface area contributed by atoms with Gasteiger partial charge >= 0.3 is 6.18 Å². The van der Waals surface area contributed by atoms with Gasteiger partial charge in [-0.25, -0.2) is 14.5 Å². The molecule has 0 aliphatic rings. The van der Waals surface area contributed by atoms with Crippen LogP contribution in [0.5, 0.6) is 0 Å². The minimum absolute atomic E-state index is 0.0813. The number of carbonyl (C=O) groups excluding carboxylic acids is 1. The predicted octanol–water partition coefficient (Wildman–Crippen LogP) is 4.06. The van der Waals surface area contributed by atoms with Crippen LogP contribution in [0, 0.1) is 13.8 Å². The number of carbonyl (C=O) groups is 1. The zero-order valence-electron chi connectivity index (χ0n) is 15.9. The Morgan fingerprint density at radius 2 is 1.87 bits per heavy atom. The van der Waals surface area contributed by atoms with Crippen molar-refractivity contribution in [1.82, 2.24) is 24.6 Å². The average Bonchev–Trinajstić information content (AvgIpc) is 3.33. The molecule has 0 fully saturated rings. The van der Waals surface area contributed by atoms with E-state index >= 15 is 0 Å². The number of benzene rings is 1. The lowest BCUT2D eigenvalue weighted by Gasteiger charge is -2.09. The highest BCUT2D eigenvalue weighted by Crippen LogP contribution is 2.27. The first kappa shape index (κ1) is 20.0. The summed E-state index contributed by atoms with van der Waals surface area (Å²) in [6, 6.07) is 9.54. The molecule has 0 aliphatic carbocycles. The number of alkyl halides is 3. The minimum atomic E-state index is -4.67. The van der Waals surface area contributed by atoms with Crippen LogP contribution in [0.25, 0.3) is 17.0 Å². The quantitative estimate of drug-likeness (QED) is 0.526. The molecule has 1 N–H and O–H groups in total. The average molecular weight is 432 g/mol. The summed E-state index contributed by atoms with van der Waals surface area (Å²) in [5, 5.41) is 8.49. The lowest BCUT2D eigenvalue weighted by Crippen LogP contribution is -2.17. The molecule has 3 aromatic heterocycles. The van der Waals surface area contributed by atoms with Crippen LogP contribution in [0.1, 0.15) is 22.8 Å². The molecule has 1 aromatic carbocycles. The number of rotatable bonds is 4. The molecule has 30 heavy (non-hydrogen) atoms. The lowest BCUT2D eigenvalue weighted by molar-refractivity contribution is -0.144. The summed E-state index contributed by atoms with van der Waals surface area (Å²) in [5.74, 6) is -1.78. The van der Waals surface area contributed by atoms with Gasteiger partial charge in [0.25, 0.3) is 11.6 Å². The van der Waals surface area contributed by atoms with Crippen LogP contribution >= 0.6 is 11.3 Å². The topological polar surface area (TPSA) is 85.1 Å². The second-order valence-corrected chi connectivity index (χ2v) is 7.39. The van der Waals surface area contributed by atoms with E-state index in [0.29, 0.717) is 22.1 Å². The van der Waals surface area contributed by atoms with Crippen molar-refractivity contribution in [2.45, 2.75) is 26.4 Å². The maximum absolute atomic E-state index is 12.9. The number of amides is 1. The second-order valence-electron chi connectivity index (χ2n) is 6.54. The van der Waals surface area contributed by atoms with Crippen LogP contribution < -0.4 is 5.32 Å². The van der Waals surface area contributed by atoms with Crippen LogP contribution in [0.15, 0.2) is 35.7 Å². The molecule has 154 valence electrons. The van der Waals surface area contributed by atoms with Crippen LogP contribution in [-0.4, -0.2) is 30.5 Å². The van der Waals surface area contributed by atoms with Crippen molar-refractivity contribution in [3.05, 3.63) is 58.5 Å². The molecule has 0 aliphatic heterocycles. The van der Waals surface area contributed by atoms with Crippen LogP contribution in [-0.2, 0) is 17.4 Å². The second kappa shape index (κ2) is 7.48. The fourth-order valence-electron chi connectivity index (χ4n) is 2.98. The molecular formula is C19H15F3N6OS. The summed E-state index contributed by atoms with van der Waals surface area (Å²) in [6.07, 6.45) is -4.76. The number of anilines is 1. The molecule has 7 nitrogen and oxygen atoms in total.